The Bertz CT molecular complexity index is 970. The van der Waals surface area contributed by atoms with Crippen molar-refractivity contribution in [3.05, 3.63) is 35.8 Å². The number of nitrogens with zero attached hydrogens (tertiary/aromatic N) is 1. The third kappa shape index (κ3) is 3.63. The molecule has 0 spiro atoms. The minimum Gasteiger partial charge on any atom is -0.472 e. The summed E-state index contributed by atoms with van der Waals surface area (Å²) in [7, 11) is 0. The van der Waals surface area contributed by atoms with Crippen LogP contribution in [-0.4, -0.2) is 41.5 Å². The highest BCUT2D eigenvalue weighted by Crippen LogP contribution is 2.70. The lowest BCUT2D eigenvalue weighted by molar-refractivity contribution is -0.184. The van der Waals surface area contributed by atoms with E-state index in [1.54, 1.807) is 18.1 Å². The predicted molar refractivity (Wildman–Crippen MR) is 142 cm³/mol. The highest BCUT2D eigenvalue weighted by Gasteiger charge is 2.65. The molecule has 36 heavy (non-hydrogen) atoms. The van der Waals surface area contributed by atoms with Gasteiger partial charge in [-0.25, -0.2) is 0 Å². The maximum atomic E-state index is 12.0. The third-order valence-electron chi connectivity index (χ3n) is 12.0. The number of furan rings is 1. The Balaban J connectivity index is 1.28. The summed E-state index contributed by atoms with van der Waals surface area (Å²) in [5.41, 5.74) is 8.07. The van der Waals surface area contributed by atoms with Crippen LogP contribution in [0.5, 0.6) is 0 Å². The van der Waals surface area contributed by atoms with Crippen molar-refractivity contribution in [2.45, 2.75) is 109 Å². The summed E-state index contributed by atoms with van der Waals surface area (Å²) in [6, 6.07) is 1.99. The zero-order valence-corrected chi connectivity index (χ0v) is 22.8. The number of fused-ring (bicyclic) bond motifs is 5. The van der Waals surface area contributed by atoms with Crippen molar-refractivity contribution in [3.63, 3.8) is 0 Å². The molecule has 5 aliphatic rings. The van der Waals surface area contributed by atoms with Gasteiger partial charge in [0.25, 0.3) is 0 Å². The van der Waals surface area contributed by atoms with Gasteiger partial charge in [0.2, 0.25) is 0 Å². The Morgan fingerprint density at radius 1 is 1.17 bits per heavy atom. The first kappa shape index (κ1) is 25.2. The van der Waals surface area contributed by atoms with Crippen LogP contribution in [0.4, 0.5) is 0 Å². The second-order valence-electron chi connectivity index (χ2n) is 13.5. The summed E-state index contributed by atoms with van der Waals surface area (Å²) in [5, 5.41) is 12.0. The van der Waals surface area contributed by atoms with Gasteiger partial charge in [0.1, 0.15) is 6.23 Å². The molecule has 0 radical (unpaired) electrons. The molecular formula is C31H48N2O3. The van der Waals surface area contributed by atoms with E-state index in [1.807, 2.05) is 6.07 Å². The van der Waals surface area contributed by atoms with E-state index in [1.165, 1.54) is 25.7 Å². The van der Waals surface area contributed by atoms with Crippen LogP contribution in [0.25, 0.3) is 0 Å². The van der Waals surface area contributed by atoms with Crippen LogP contribution < -0.4 is 5.73 Å². The van der Waals surface area contributed by atoms with Gasteiger partial charge in [0, 0.05) is 24.1 Å². The number of rotatable bonds is 6. The maximum Gasteiger partial charge on any atom is 0.108 e. The number of hydrogen-bond acceptors (Lipinski definition) is 5. The molecule has 3 unspecified atom stereocenters. The molecule has 1 aromatic rings. The molecule has 1 saturated heterocycles. The van der Waals surface area contributed by atoms with Crippen LogP contribution in [0.1, 0.15) is 97.0 Å². The Hall–Kier alpha value is -1.14. The second kappa shape index (κ2) is 8.97. The molecule has 1 aliphatic heterocycles. The fraction of sp³-hybridized carbons (Fsp3) is 0.806. The first-order valence-electron chi connectivity index (χ1n) is 14.8. The molecule has 5 nitrogen and oxygen atoms in total. The number of nitrogens with two attached hydrogens (primary N) is 1. The molecule has 200 valence electrons. The average molecular weight is 497 g/mol. The van der Waals surface area contributed by atoms with E-state index >= 15 is 0 Å². The van der Waals surface area contributed by atoms with Crippen LogP contribution in [0.3, 0.4) is 0 Å². The second-order valence-corrected chi connectivity index (χ2v) is 13.5. The Morgan fingerprint density at radius 3 is 2.67 bits per heavy atom. The van der Waals surface area contributed by atoms with Crippen molar-refractivity contribution in [3.8, 4) is 0 Å². The molecule has 6 rings (SSSR count). The molecular weight excluding hydrogens is 448 g/mol. The minimum absolute atomic E-state index is 0.0937. The number of aliphatic hydroxyl groups is 1. The highest BCUT2D eigenvalue weighted by molar-refractivity contribution is 5.30. The SMILES string of the molecule is CC(OC1(CCN)CCC2=CC[C@@H]3[C@@H](CC[C@@]4(C)[C@H]3CCC4(O)c3ccoc3)[C@@]2(C)C1)N1CCCC1. The highest BCUT2D eigenvalue weighted by atomic mass is 16.5. The van der Waals surface area contributed by atoms with Crippen molar-refractivity contribution < 1.29 is 14.3 Å². The van der Waals surface area contributed by atoms with Gasteiger partial charge in [-0.2, -0.15) is 0 Å². The molecule has 0 amide bonds. The smallest absolute Gasteiger partial charge is 0.108 e. The standard InChI is InChI=1S/C31H48N2O3/c1-22(33-17-4-5-18-33)36-30(15-16-32)13-8-23-6-7-25-26(28(23,2)21-30)9-12-29(3)27(25)10-14-31(29,34)24-11-19-35-20-24/h6,11,19-20,22,25-27,34H,4-5,7-10,12-18,21,32H2,1-3H3/t22?,25-,26-,27+,28+,29+,30?,31?/m1/s1. The minimum atomic E-state index is -0.773. The Morgan fingerprint density at radius 2 is 1.94 bits per heavy atom. The van der Waals surface area contributed by atoms with Crippen molar-refractivity contribution in [2.24, 2.45) is 34.3 Å². The molecule has 4 fully saturated rings. The molecule has 2 heterocycles. The van der Waals surface area contributed by atoms with Crippen LogP contribution in [0, 0.1) is 28.6 Å². The summed E-state index contributed by atoms with van der Waals surface area (Å²) in [6.45, 7) is 10.2. The third-order valence-corrected chi connectivity index (χ3v) is 12.0. The zero-order chi connectivity index (χ0) is 25.2. The monoisotopic (exact) mass is 496 g/mol. The van der Waals surface area contributed by atoms with Crippen molar-refractivity contribution >= 4 is 0 Å². The average Bonchev–Trinajstić information content (AvgIpc) is 3.61. The fourth-order valence-electron chi connectivity index (χ4n) is 10.1. The van der Waals surface area contributed by atoms with Gasteiger partial charge < -0.3 is 20.0 Å². The lowest BCUT2D eigenvalue weighted by Gasteiger charge is -2.61. The number of hydrogen-bond donors (Lipinski definition) is 2. The molecule has 3 saturated carbocycles. The summed E-state index contributed by atoms with van der Waals surface area (Å²) in [5.74, 6) is 1.83. The molecule has 5 heteroatoms. The first-order valence-corrected chi connectivity index (χ1v) is 14.8. The summed E-state index contributed by atoms with van der Waals surface area (Å²) in [6.07, 6.45) is 18.5. The van der Waals surface area contributed by atoms with Crippen LogP contribution in [0.15, 0.2) is 34.7 Å². The van der Waals surface area contributed by atoms with Gasteiger partial charge in [0.05, 0.1) is 23.7 Å². The fourth-order valence-corrected chi connectivity index (χ4v) is 10.1. The van der Waals surface area contributed by atoms with Crippen LogP contribution >= 0.6 is 0 Å². The van der Waals surface area contributed by atoms with Gasteiger partial charge in [-0.3, -0.25) is 4.90 Å². The zero-order valence-electron chi connectivity index (χ0n) is 22.8. The summed E-state index contributed by atoms with van der Waals surface area (Å²) in [4.78, 5) is 2.52. The predicted octanol–water partition coefficient (Wildman–Crippen LogP) is 5.98. The number of ether oxygens (including phenoxy) is 1. The van der Waals surface area contributed by atoms with E-state index < -0.39 is 5.60 Å². The molecule has 8 atom stereocenters. The Kier molecular flexibility index (Phi) is 6.26. The Labute approximate surface area is 217 Å². The van der Waals surface area contributed by atoms with Crippen molar-refractivity contribution in [1.29, 1.82) is 0 Å². The summed E-state index contributed by atoms with van der Waals surface area (Å²) >= 11 is 0. The van der Waals surface area contributed by atoms with Crippen LogP contribution in [0.2, 0.25) is 0 Å². The maximum absolute atomic E-state index is 12.0. The van der Waals surface area contributed by atoms with Gasteiger partial charge >= 0.3 is 0 Å². The normalized spacial score (nSPS) is 45.6. The largest absolute Gasteiger partial charge is 0.472 e. The summed E-state index contributed by atoms with van der Waals surface area (Å²) < 4.78 is 12.5. The molecule has 0 aromatic carbocycles. The molecule has 1 aromatic heterocycles. The topological polar surface area (TPSA) is 71.9 Å². The van der Waals surface area contributed by atoms with E-state index in [0.717, 1.165) is 63.6 Å². The quantitative estimate of drug-likeness (QED) is 0.474. The van der Waals surface area contributed by atoms with E-state index in [2.05, 4.69) is 31.7 Å². The molecule has 4 aliphatic carbocycles. The molecule has 3 N–H and O–H groups in total. The lowest BCUT2D eigenvalue weighted by atomic mass is 9.45. The number of allylic oxidation sites excluding steroid dienone is 2. The van der Waals surface area contributed by atoms with E-state index in [-0.39, 0.29) is 22.7 Å². The lowest BCUT2D eigenvalue weighted by Crippen LogP contribution is -2.56. The van der Waals surface area contributed by atoms with Gasteiger partial charge in [-0.1, -0.05) is 25.5 Å². The van der Waals surface area contributed by atoms with E-state index in [4.69, 9.17) is 14.9 Å². The van der Waals surface area contributed by atoms with E-state index in [0.29, 0.717) is 24.3 Å². The first-order chi connectivity index (χ1) is 17.2. The van der Waals surface area contributed by atoms with Crippen LogP contribution in [-0.2, 0) is 10.3 Å². The van der Waals surface area contributed by atoms with Crippen molar-refractivity contribution in [2.75, 3.05) is 19.6 Å². The van der Waals surface area contributed by atoms with Gasteiger partial charge in [-0.05, 0) is 113 Å². The number of likely N-dealkylation sites (tertiary alicyclic amines) is 1. The van der Waals surface area contributed by atoms with Gasteiger partial charge in [-0.15, -0.1) is 0 Å². The van der Waals surface area contributed by atoms with E-state index in [9.17, 15) is 5.11 Å². The van der Waals surface area contributed by atoms with Crippen molar-refractivity contribution in [1.82, 2.24) is 4.90 Å². The van der Waals surface area contributed by atoms with Gasteiger partial charge in [0.15, 0.2) is 0 Å². The molecule has 0 bridgehead atoms.